The van der Waals surface area contributed by atoms with Crippen LogP contribution in [0, 0.1) is 5.92 Å². The van der Waals surface area contributed by atoms with Gasteiger partial charge in [-0.2, -0.15) is 0 Å². The number of esters is 2. The van der Waals surface area contributed by atoms with Gasteiger partial charge in [-0.25, -0.2) is 9.59 Å². The van der Waals surface area contributed by atoms with E-state index in [9.17, 15) is 30.0 Å². The number of ether oxygens (including phenoxy) is 3. The van der Waals surface area contributed by atoms with E-state index in [4.69, 9.17) is 14.2 Å². The molecule has 1 aliphatic carbocycles. The van der Waals surface area contributed by atoms with E-state index < -0.39 is 55.4 Å². The molecule has 7 unspecified atom stereocenters. The van der Waals surface area contributed by atoms with Crippen LogP contribution >= 0.6 is 0 Å². The highest BCUT2D eigenvalue weighted by molar-refractivity contribution is 5.91. The van der Waals surface area contributed by atoms with Crippen LogP contribution in [-0.2, 0) is 23.8 Å². The Balaban J connectivity index is 1.72. The Hall–Kier alpha value is -2.04. The summed E-state index contributed by atoms with van der Waals surface area (Å²) in [7, 11) is 0. The minimum absolute atomic E-state index is 0.256. The van der Waals surface area contributed by atoms with Crippen LogP contribution in [0.1, 0.15) is 32.6 Å². The molecule has 2 saturated heterocycles. The molecule has 7 atom stereocenters. The normalized spacial score (nSPS) is 37.6. The van der Waals surface area contributed by atoms with Crippen LogP contribution in [0.5, 0.6) is 0 Å². The highest BCUT2D eigenvalue weighted by Gasteiger charge is 2.45. The summed E-state index contributed by atoms with van der Waals surface area (Å²) >= 11 is 0. The summed E-state index contributed by atoms with van der Waals surface area (Å²) < 4.78 is 15.9. The van der Waals surface area contributed by atoms with E-state index in [1.165, 1.54) is 0 Å². The standard InChI is InChI=1S/C21H28O9/c1-10-4-3-5-12(6-7-13-11(2)19(26)28-14(13)8-10)20(27)30-21-18(25)17(24)16(23)15(9-22)29-21/h5,8,13-18,21-25H,2-4,6-7,9H2,1H3. The van der Waals surface area contributed by atoms with Gasteiger partial charge in [0.2, 0.25) is 6.29 Å². The zero-order valence-corrected chi connectivity index (χ0v) is 16.8. The van der Waals surface area contributed by atoms with Gasteiger partial charge in [0, 0.05) is 17.1 Å². The number of fused-ring (bicyclic) bond motifs is 1. The molecule has 4 N–H and O–H groups in total. The predicted molar refractivity (Wildman–Crippen MR) is 103 cm³/mol. The maximum absolute atomic E-state index is 12.8. The van der Waals surface area contributed by atoms with Gasteiger partial charge in [-0.05, 0) is 38.7 Å². The summed E-state index contributed by atoms with van der Waals surface area (Å²) in [5.41, 5.74) is 1.73. The molecule has 0 bridgehead atoms. The van der Waals surface area contributed by atoms with Gasteiger partial charge in [0.25, 0.3) is 0 Å². The Morgan fingerprint density at radius 1 is 1.23 bits per heavy atom. The van der Waals surface area contributed by atoms with Gasteiger partial charge >= 0.3 is 11.9 Å². The summed E-state index contributed by atoms with van der Waals surface area (Å²) in [6, 6.07) is 0. The fraction of sp³-hybridized carbons (Fsp3) is 0.619. The molecule has 9 heteroatoms. The van der Waals surface area contributed by atoms with E-state index >= 15 is 0 Å². The number of aliphatic hydroxyl groups is 4. The molecule has 0 aromatic carbocycles. The Bertz CT molecular complexity index is 754. The molecule has 0 amide bonds. The molecule has 30 heavy (non-hydrogen) atoms. The van der Waals surface area contributed by atoms with E-state index in [-0.39, 0.29) is 5.92 Å². The molecule has 9 nitrogen and oxygen atoms in total. The van der Waals surface area contributed by atoms with Crippen molar-refractivity contribution >= 4 is 11.9 Å². The lowest BCUT2D eigenvalue weighted by atomic mass is 9.88. The molecule has 3 aliphatic rings. The van der Waals surface area contributed by atoms with Crippen LogP contribution in [0.15, 0.2) is 35.5 Å². The van der Waals surface area contributed by atoms with Gasteiger partial charge in [-0.3, -0.25) is 0 Å². The Labute approximate surface area is 174 Å². The third kappa shape index (κ3) is 4.65. The second-order valence-electron chi connectivity index (χ2n) is 7.92. The van der Waals surface area contributed by atoms with Gasteiger partial charge in [0.1, 0.15) is 30.5 Å². The number of allylic oxidation sites excluding steroid dienone is 2. The van der Waals surface area contributed by atoms with Gasteiger partial charge in [-0.1, -0.05) is 18.2 Å². The number of carbonyl (C=O) groups excluding carboxylic acids is 2. The number of hydrogen-bond donors (Lipinski definition) is 4. The molecule has 0 aromatic rings. The summed E-state index contributed by atoms with van der Waals surface area (Å²) in [6.45, 7) is 5.12. The topological polar surface area (TPSA) is 143 Å². The molecule has 2 heterocycles. The monoisotopic (exact) mass is 424 g/mol. The Morgan fingerprint density at radius 3 is 2.67 bits per heavy atom. The van der Waals surface area contributed by atoms with Gasteiger partial charge in [0.05, 0.1) is 6.61 Å². The second-order valence-corrected chi connectivity index (χ2v) is 7.92. The SMILES string of the molecule is C=C1C(=O)OC2C=C(C)CCC=C(C(=O)OC3OC(CO)C(O)C(O)C3O)CCC12. The first kappa shape index (κ1) is 22.6. The minimum Gasteiger partial charge on any atom is -0.454 e. The molecule has 2 aliphatic heterocycles. The zero-order chi connectivity index (χ0) is 22.0. The largest absolute Gasteiger partial charge is 0.454 e. The van der Waals surface area contributed by atoms with Crippen LogP contribution in [0.4, 0.5) is 0 Å². The summed E-state index contributed by atoms with van der Waals surface area (Å²) in [6.07, 6.45) is -2.34. The lowest BCUT2D eigenvalue weighted by molar-refractivity contribution is -0.291. The lowest BCUT2D eigenvalue weighted by Gasteiger charge is -2.39. The average Bonchev–Trinajstić information content (AvgIpc) is 2.97. The van der Waals surface area contributed by atoms with Gasteiger partial charge < -0.3 is 34.6 Å². The third-order valence-corrected chi connectivity index (χ3v) is 5.79. The molecular weight excluding hydrogens is 396 g/mol. The van der Waals surface area contributed by atoms with E-state index in [2.05, 4.69) is 6.58 Å². The van der Waals surface area contributed by atoms with Crippen molar-refractivity contribution in [2.45, 2.75) is 69.4 Å². The van der Waals surface area contributed by atoms with Gasteiger partial charge in [-0.15, -0.1) is 0 Å². The summed E-state index contributed by atoms with van der Waals surface area (Å²) in [5, 5.41) is 39.1. The lowest BCUT2D eigenvalue weighted by Crippen LogP contribution is -2.59. The second kappa shape index (κ2) is 9.40. The van der Waals surface area contributed by atoms with Crippen molar-refractivity contribution in [3.8, 4) is 0 Å². The molecular formula is C21H28O9. The van der Waals surface area contributed by atoms with Crippen molar-refractivity contribution < 1.29 is 44.2 Å². The fourth-order valence-corrected chi connectivity index (χ4v) is 3.90. The zero-order valence-electron chi connectivity index (χ0n) is 16.8. The predicted octanol–water partition coefficient (Wildman–Crippen LogP) is -0.126. The van der Waals surface area contributed by atoms with E-state index in [1.807, 2.05) is 13.0 Å². The Kier molecular flexibility index (Phi) is 7.10. The van der Waals surface area contributed by atoms with E-state index in [0.717, 1.165) is 5.57 Å². The minimum atomic E-state index is -1.66. The molecule has 166 valence electrons. The number of aliphatic hydroxyl groups excluding tert-OH is 4. The van der Waals surface area contributed by atoms with Crippen LogP contribution in [0.3, 0.4) is 0 Å². The molecule has 0 radical (unpaired) electrons. The first-order chi connectivity index (χ1) is 14.2. The molecule has 3 rings (SSSR count). The van der Waals surface area contributed by atoms with E-state index in [0.29, 0.717) is 36.8 Å². The van der Waals surface area contributed by atoms with Crippen LogP contribution in [0.25, 0.3) is 0 Å². The summed E-state index contributed by atoms with van der Waals surface area (Å²) in [4.78, 5) is 24.7. The molecule has 0 spiro atoms. The maximum atomic E-state index is 12.8. The van der Waals surface area contributed by atoms with Crippen molar-refractivity contribution in [1.82, 2.24) is 0 Å². The highest BCUT2D eigenvalue weighted by Crippen LogP contribution is 2.34. The first-order valence-corrected chi connectivity index (χ1v) is 10.0. The average molecular weight is 424 g/mol. The molecule has 2 fully saturated rings. The number of carbonyl (C=O) groups is 2. The smallest absolute Gasteiger partial charge is 0.336 e. The number of rotatable bonds is 3. The third-order valence-electron chi connectivity index (χ3n) is 5.79. The van der Waals surface area contributed by atoms with Crippen molar-refractivity contribution in [3.05, 3.63) is 35.5 Å². The van der Waals surface area contributed by atoms with Crippen LogP contribution in [0.2, 0.25) is 0 Å². The number of hydrogen-bond acceptors (Lipinski definition) is 9. The first-order valence-electron chi connectivity index (χ1n) is 10.0. The van der Waals surface area contributed by atoms with Crippen LogP contribution in [-0.4, -0.2) is 75.8 Å². The van der Waals surface area contributed by atoms with E-state index in [1.54, 1.807) is 6.08 Å². The molecule has 0 saturated carbocycles. The maximum Gasteiger partial charge on any atom is 0.336 e. The quantitative estimate of drug-likeness (QED) is 0.277. The van der Waals surface area contributed by atoms with Crippen molar-refractivity contribution in [3.63, 3.8) is 0 Å². The fourth-order valence-electron chi connectivity index (χ4n) is 3.90. The van der Waals surface area contributed by atoms with Crippen LogP contribution < -0.4 is 0 Å². The van der Waals surface area contributed by atoms with Crippen molar-refractivity contribution in [2.24, 2.45) is 5.92 Å². The molecule has 0 aromatic heterocycles. The van der Waals surface area contributed by atoms with Crippen molar-refractivity contribution in [2.75, 3.05) is 6.61 Å². The summed E-state index contributed by atoms with van der Waals surface area (Å²) in [5.74, 6) is -1.44. The van der Waals surface area contributed by atoms with Crippen molar-refractivity contribution in [1.29, 1.82) is 0 Å². The highest BCUT2D eigenvalue weighted by atomic mass is 16.7. The van der Waals surface area contributed by atoms with Gasteiger partial charge in [0.15, 0.2) is 0 Å². The Morgan fingerprint density at radius 2 is 1.97 bits per heavy atom.